The van der Waals surface area contributed by atoms with Crippen LogP contribution in [0, 0.1) is 0 Å². The molecule has 2 amide bonds. The Bertz CT molecular complexity index is 1180. The second kappa shape index (κ2) is 12.9. The van der Waals surface area contributed by atoms with E-state index in [1.54, 1.807) is 24.3 Å². The lowest BCUT2D eigenvalue weighted by atomic mass is 10.0. The van der Waals surface area contributed by atoms with E-state index in [0.29, 0.717) is 6.42 Å². The van der Waals surface area contributed by atoms with Crippen molar-refractivity contribution in [2.45, 2.75) is 31.9 Å². The number of hydrogen-bond acceptors (Lipinski definition) is 6. The number of ether oxygens (including phenoxy) is 1. The number of carbonyl (C=O) groups excluding carboxylic acids is 3. The van der Waals surface area contributed by atoms with E-state index in [1.165, 1.54) is 0 Å². The molecule has 0 fully saturated rings. The molecule has 0 aliphatic rings. The van der Waals surface area contributed by atoms with Crippen LogP contribution in [-0.4, -0.2) is 41.5 Å². The van der Waals surface area contributed by atoms with Crippen LogP contribution in [0.3, 0.4) is 0 Å². The third-order valence-corrected chi connectivity index (χ3v) is 5.17. The molecule has 0 saturated carbocycles. The van der Waals surface area contributed by atoms with Crippen molar-refractivity contribution in [1.29, 1.82) is 0 Å². The molecule has 0 aliphatic heterocycles. The largest absolute Gasteiger partial charge is 0.481 e. The smallest absolute Gasteiger partial charge is 0.408 e. The lowest BCUT2D eigenvalue weighted by Gasteiger charge is -2.16. The van der Waals surface area contributed by atoms with Gasteiger partial charge in [0, 0.05) is 6.42 Å². The molecule has 35 heavy (non-hydrogen) atoms. The fourth-order valence-corrected chi connectivity index (χ4v) is 3.43. The van der Waals surface area contributed by atoms with E-state index in [4.69, 9.17) is 14.7 Å². The van der Waals surface area contributed by atoms with Crippen LogP contribution in [-0.2, 0) is 37.0 Å². The van der Waals surface area contributed by atoms with Gasteiger partial charge in [-0.1, -0.05) is 72.8 Å². The predicted molar refractivity (Wildman–Crippen MR) is 127 cm³/mol. The van der Waals surface area contributed by atoms with Crippen molar-refractivity contribution < 1.29 is 33.9 Å². The van der Waals surface area contributed by atoms with Crippen LogP contribution in [0.15, 0.2) is 72.8 Å². The Morgan fingerprint density at radius 2 is 1.60 bits per heavy atom. The minimum absolute atomic E-state index is 0.0378. The Hall–Kier alpha value is -4.24. The van der Waals surface area contributed by atoms with Gasteiger partial charge in [0.05, 0.1) is 6.42 Å². The Balaban J connectivity index is 1.43. The second-order valence-corrected chi connectivity index (χ2v) is 7.78. The number of alkyl carbamates (subject to hydrolysis) is 1. The normalized spacial score (nSPS) is 11.4. The van der Waals surface area contributed by atoms with Gasteiger partial charge in [0.15, 0.2) is 5.78 Å². The van der Waals surface area contributed by atoms with Crippen LogP contribution in [0.1, 0.15) is 24.0 Å². The van der Waals surface area contributed by atoms with Crippen LogP contribution in [0.2, 0.25) is 0 Å². The van der Waals surface area contributed by atoms with Crippen molar-refractivity contribution in [3.63, 3.8) is 0 Å². The molecule has 3 aromatic rings. The molecule has 9 heteroatoms. The van der Waals surface area contributed by atoms with Gasteiger partial charge in [-0.25, -0.2) is 10.3 Å². The zero-order valence-corrected chi connectivity index (χ0v) is 18.9. The average Bonchev–Trinajstić information content (AvgIpc) is 2.86. The zero-order chi connectivity index (χ0) is 25.0. The van der Waals surface area contributed by atoms with Crippen LogP contribution in [0.5, 0.6) is 0 Å². The predicted octanol–water partition coefficient (Wildman–Crippen LogP) is 3.16. The minimum atomic E-state index is -1.37. The highest BCUT2D eigenvalue weighted by Crippen LogP contribution is 2.19. The zero-order valence-electron chi connectivity index (χ0n) is 18.9. The van der Waals surface area contributed by atoms with Gasteiger partial charge >= 0.3 is 12.1 Å². The summed E-state index contributed by atoms with van der Waals surface area (Å²) < 4.78 is 5.03. The SMILES string of the molecule is O=C(O)CC(NC(=O)OCc1ccccc1)C(=O)CONC(=O)CCc1cccc2ccccc12. The van der Waals surface area contributed by atoms with Gasteiger partial charge in [0.1, 0.15) is 19.3 Å². The van der Waals surface area contributed by atoms with E-state index in [2.05, 4.69) is 10.8 Å². The van der Waals surface area contributed by atoms with Crippen molar-refractivity contribution >= 4 is 34.5 Å². The molecule has 1 unspecified atom stereocenters. The first-order valence-electron chi connectivity index (χ1n) is 11.0. The molecule has 3 N–H and O–H groups in total. The molecule has 0 radical (unpaired) electrons. The number of aliphatic carboxylic acids is 1. The molecular weight excluding hydrogens is 452 g/mol. The van der Waals surface area contributed by atoms with Crippen LogP contribution >= 0.6 is 0 Å². The number of hydrogen-bond donors (Lipinski definition) is 3. The van der Waals surface area contributed by atoms with E-state index in [0.717, 1.165) is 21.9 Å². The van der Waals surface area contributed by atoms with Gasteiger partial charge in [0.25, 0.3) is 0 Å². The standard InChI is InChI=1S/C26H26N2O7/c29-23(22(15-25(31)32)27-26(33)34-16-18-7-2-1-3-8-18)17-35-28-24(30)14-13-20-11-6-10-19-9-4-5-12-21(19)20/h1-12,22H,13-17H2,(H,27,33)(H,28,30)(H,31,32). The van der Waals surface area contributed by atoms with Crippen LogP contribution in [0.25, 0.3) is 10.8 Å². The number of benzene rings is 3. The van der Waals surface area contributed by atoms with Crippen LogP contribution < -0.4 is 10.8 Å². The fraction of sp³-hybridized carbons (Fsp3) is 0.231. The molecule has 0 spiro atoms. The van der Waals surface area contributed by atoms with E-state index in [-0.39, 0.29) is 13.0 Å². The lowest BCUT2D eigenvalue weighted by Crippen LogP contribution is -2.45. The topological polar surface area (TPSA) is 131 Å². The second-order valence-electron chi connectivity index (χ2n) is 7.78. The van der Waals surface area contributed by atoms with Gasteiger partial charge in [-0.3, -0.25) is 19.2 Å². The quantitative estimate of drug-likeness (QED) is 0.341. The summed E-state index contributed by atoms with van der Waals surface area (Å²) in [6.45, 7) is -0.652. The monoisotopic (exact) mass is 478 g/mol. The first-order chi connectivity index (χ1) is 16.9. The van der Waals surface area contributed by atoms with Crippen LogP contribution in [0.4, 0.5) is 4.79 Å². The van der Waals surface area contributed by atoms with Crippen molar-refractivity contribution in [2.24, 2.45) is 0 Å². The van der Waals surface area contributed by atoms with Gasteiger partial charge in [-0.15, -0.1) is 0 Å². The van der Waals surface area contributed by atoms with E-state index >= 15 is 0 Å². The maximum absolute atomic E-state index is 12.4. The first kappa shape index (κ1) is 25.4. The third kappa shape index (κ3) is 8.24. The Morgan fingerprint density at radius 1 is 0.886 bits per heavy atom. The first-order valence-corrected chi connectivity index (χ1v) is 11.0. The van der Waals surface area contributed by atoms with Crippen molar-refractivity contribution in [1.82, 2.24) is 10.8 Å². The summed E-state index contributed by atoms with van der Waals surface area (Å²) in [6, 6.07) is 21.2. The van der Waals surface area contributed by atoms with Gasteiger partial charge in [0.2, 0.25) is 5.91 Å². The van der Waals surface area contributed by atoms with Gasteiger partial charge in [-0.05, 0) is 28.3 Å². The molecule has 0 saturated heterocycles. The highest BCUT2D eigenvalue weighted by atomic mass is 16.7. The highest BCUT2D eigenvalue weighted by Gasteiger charge is 2.25. The number of hydroxylamine groups is 1. The summed E-state index contributed by atoms with van der Waals surface area (Å²) in [6.07, 6.45) is -0.990. The van der Waals surface area contributed by atoms with Gasteiger partial charge in [-0.2, -0.15) is 0 Å². The van der Waals surface area contributed by atoms with E-state index < -0.39 is 42.8 Å². The molecule has 9 nitrogen and oxygen atoms in total. The molecule has 0 aliphatic carbocycles. The average molecular weight is 479 g/mol. The maximum atomic E-state index is 12.4. The molecule has 1 atom stereocenters. The summed E-state index contributed by atoms with van der Waals surface area (Å²) in [5.74, 6) is -2.44. The minimum Gasteiger partial charge on any atom is -0.481 e. The number of fused-ring (bicyclic) bond motifs is 1. The molecular formula is C26H26N2O7. The summed E-state index contributed by atoms with van der Waals surface area (Å²) in [5.41, 5.74) is 3.93. The number of nitrogens with one attached hydrogen (secondary N) is 2. The molecule has 0 bridgehead atoms. The highest BCUT2D eigenvalue weighted by molar-refractivity contribution is 5.91. The van der Waals surface area contributed by atoms with E-state index in [1.807, 2.05) is 48.5 Å². The number of Topliss-reactive ketones (excluding diaryl/α,β-unsaturated/α-hetero) is 1. The van der Waals surface area contributed by atoms with Crippen molar-refractivity contribution in [3.8, 4) is 0 Å². The third-order valence-electron chi connectivity index (χ3n) is 5.17. The summed E-state index contributed by atoms with van der Waals surface area (Å²) >= 11 is 0. The molecule has 0 aromatic heterocycles. The Morgan fingerprint density at radius 3 is 2.37 bits per heavy atom. The number of carboxylic acid groups (broad SMARTS) is 1. The Kier molecular flexibility index (Phi) is 9.32. The maximum Gasteiger partial charge on any atom is 0.408 e. The van der Waals surface area contributed by atoms with E-state index in [9.17, 15) is 19.2 Å². The number of carbonyl (C=O) groups is 4. The number of carboxylic acids is 1. The number of ketones is 1. The van der Waals surface area contributed by atoms with Crippen molar-refractivity contribution in [2.75, 3.05) is 6.61 Å². The number of aryl methyl sites for hydroxylation is 1. The molecule has 3 rings (SSSR count). The fourth-order valence-electron chi connectivity index (χ4n) is 3.43. The summed E-state index contributed by atoms with van der Waals surface area (Å²) in [7, 11) is 0. The Labute approximate surface area is 202 Å². The van der Waals surface area contributed by atoms with Gasteiger partial charge < -0.3 is 15.2 Å². The van der Waals surface area contributed by atoms with Crippen molar-refractivity contribution in [3.05, 3.63) is 83.9 Å². The number of rotatable bonds is 12. The lowest BCUT2D eigenvalue weighted by molar-refractivity contribution is -0.143. The molecule has 182 valence electrons. The molecule has 3 aromatic carbocycles. The number of amides is 2. The summed E-state index contributed by atoms with van der Waals surface area (Å²) in [5, 5.41) is 13.4. The molecule has 0 heterocycles. The summed E-state index contributed by atoms with van der Waals surface area (Å²) in [4.78, 5) is 52.6.